The van der Waals surface area contributed by atoms with E-state index in [9.17, 15) is 4.79 Å². The molecule has 0 aromatic heterocycles. The molecule has 2 aromatic carbocycles. The molecule has 0 heterocycles. The Balaban J connectivity index is 1.59. The maximum Gasteiger partial charge on any atom is 0.279 e. The van der Waals surface area contributed by atoms with Crippen LogP contribution in [0.1, 0.15) is 63.0 Å². The van der Waals surface area contributed by atoms with Gasteiger partial charge in [0.1, 0.15) is 0 Å². The van der Waals surface area contributed by atoms with Crippen LogP contribution in [0.25, 0.3) is 0 Å². The van der Waals surface area contributed by atoms with Crippen LogP contribution in [-0.2, 0) is 27.4 Å². The lowest BCUT2D eigenvalue weighted by Crippen LogP contribution is -2.43. The van der Waals surface area contributed by atoms with Gasteiger partial charge >= 0.3 is 0 Å². The Morgan fingerprint density at radius 2 is 1.44 bits per heavy atom. The van der Waals surface area contributed by atoms with Crippen molar-refractivity contribution in [1.82, 2.24) is 9.80 Å². The number of amides is 1. The predicted molar refractivity (Wildman–Crippen MR) is 137 cm³/mol. The highest BCUT2D eigenvalue weighted by atomic mass is 16.7. The summed E-state index contributed by atoms with van der Waals surface area (Å²) < 4.78 is 12.1. The molecule has 3 rings (SSSR count). The van der Waals surface area contributed by atoms with Gasteiger partial charge < -0.3 is 14.4 Å². The van der Waals surface area contributed by atoms with E-state index in [1.165, 1.54) is 11.1 Å². The van der Waals surface area contributed by atoms with Gasteiger partial charge in [-0.25, -0.2) is 0 Å². The highest BCUT2D eigenvalue weighted by Gasteiger charge is 2.31. The maximum atomic E-state index is 12.6. The van der Waals surface area contributed by atoms with Crippen molar-refractivity contribution >= 4 is 5.91 Å². The second-order valence-corrected chi connectivity index (χ2v) is 9.59. The fourth-order valence-corrected chi connectivity index (χ4v) is 4.59. The zero-order chi connectivity index (χ0) is 24.2. The van der Waals surface area contributed by atoms with Crippen LogP contribution in [0.15, 0.2) is 60.7 Å². The molecule has 0 bridgehead atoms. The third kappa shape index (κ3) is 8.53. The van der Waals surface area contributed by atoms with Crippen LogP contribution in [0, 0.1) is 0 Å². The summed E-state index contributed by atoms with van der Waals surface area (Å²) in [5.41, 5.74) is 2.68. The van der Waals surface area contributed by atoms with E-state index in [0.29, 0.717) is 12.6 Å². The number of likely N-dealkylation sites (N-methyl/N-ethyl adjacent to an activating group) is 1. The van der Waals surface area contributed by atoms with Crippen molar-refractivity contribution < 1.29 is 14.3 Å². The Kier molecular flexibility index (Phi) is 11.1. The van der Waals surface area contributed by atoms with Gasteiger partial charge in [0, 0.05) is 33.2 Å². The molecule has 1 unspecified atom stereocenters. The van der Waals surface area contributed by atoms with Gasteiger partial charge in [-0.15, -0.1) is 0 Å². The van der Waals surface area contributed by atoms with Gasteiger partial charge in [-0.1, -0.05) is 80.4 Å². The van der Waals surface area contributed by atoms with Gasteiger partial charge in [0.15, 0.2) is 0 Å². The molecule has 1 amide bonds. The molecule has 1 aliphatic carbocycles. The summed E-state index contributed by atoms with van der Waals surface area (Å²) in [7, 11) is 3.52. The quantitative estimate of drug-likeness (QED) is 0.283. The lowest BCUT2D eigenvalue weighted by molar-refractivity contribution is -0.197. The lowest BCUT2D eigenvalue weighted by Gasteiger charge is -2.38. The Hall–Kier alpha value is -2.21. The molecule has 5 heteroatoms. The smallest absolute Gasteiger partial charge is 0.279 e. The molecule has 5 nitrogen and oxygen atoms in total. The van der Waals surface area contributed by atoms with Crippen LogP contribution in [0.3, 0.4) is 0 Å². The summed E-state index contributed by atoms with van der Waals surface area (Å²) in [6.45, 7) is 4.61. The third-order valence-corrected chi connectivity index (χ3v) is 6.59. The number of hydrogen-bond acceptors (Lipinski definition) is 4. The molecule has 34 heavy (non-hydrogen) atoms. The summed E-state index contributed by atoms with van der Waals surface area (Å²) in [5.74, 6) is -0.103. The minimum atomic E-state index is -0.793. The van der Waals surface area contributed by atoms with E-state index in [0.717, 1.165) is 58.0 Å². The number of ether oxygens (including phenoxy) is 2. The summed E-state index contributed by atoms with van der Waals surface area (Å²) in [6, 6.07) is 21.9. The zero-order valence-electron chi connectivity index (χ0n) is 21.2. The van der Waals surface area contributed by atoms with Crippen LogP contribution in [0.5, 0.6) is 0 Å². The standard InChI is InChI=1S/C29H42N2O3/c1-4-5-12-21-33-29(28(32)30(2)3)34-27-19-17-26(18-20-27)31(22-24-13-8-6-9-14-24)23-25-15-10-7-11-16-25/h6-11,13-16,26-27,29H,4-5,12,17-23H2,1-3H3. The molecule has 1 atom stereocenters. The van der Waals surface area contributed by atoms with Crippen LogP contribution < -0.4 is 0 Å². The number of benzene rings is 2. The number of carbonyl (C=O) groups excluding carboxylic acids is 1. The normalized spacial score (nSPS) is 19.2. The van der Waals surface area contributed by atoms with E-state index in [2.05, 4.69) is 72.5 Å². The van der Waals surface area contributed by atoms with E-state index in [4.69, 9.17) is 9.47 Å². The zero-order valence-corrected chi connectivity index (χ0v) is 21.2. The van der Waals surface area contributed by atoms with Crippen molar-refractivity contribution in [3.63, 3.8) is 0 Å². The van der Waals surface area contributed by atoms with Crippen LogP contribution >= 0.6 is 0 Å². The molecule has 0 spiro atoms. The average Bonchev–Trinajstić information content (AvgIpc) is 2.86. The second kappa shape index (κ2) is 14.2. The van der Waals surface area contributed by atoms with E-state index in [-0.39, 0.29) is 12.0 Å². The first-order valence-electron chi connectivity index (χ1n) is 12.9. The highest BCUT2D eigenvalue weighted by molar-refractivity contribution is 5.79. The molecule has 1 aliphatic rings. The summed E-state index contributed by atoms with van der Waals surface area (Å²) in [6.07, 6.45) is 6.46. The van der Waals surface area contributed by atoms with Gasteiger partial charge in [0.05, 0.1) is 12.7 Å². The minimum Gasteiger partial charge on any atom is -0.345 e. The molecule has 1 saturated carbocycles. The molecule has 0 N–H and O–H groups in total. The Bertz CT molecular complexity index is 778. The molecular formula is C29H42N2O3. The Morgan fingerprint density at radius 3 is 1.94 bits per heavy atom. The molecule has 0 saturated heterocycles. The molecular weight excluding hydrogens is 424 g/mol. The second-order valence-electron chi connectivity index (χ2n) is 9.59. The van der Waals surface area contributed by atoms with Gasteiger partial charge in [-0.05, 0) is 43.2 Å². The predicted octanol–water partition coefficient (Wildman–Crippen LogP) is 5.64. The molecule has 1 fully saturated rings. The largest absolute Gasteiger partial charge is 0.345 e. The van der Waals surface area contributed by atoms with Gasteiger partial charge in [-0.2, -0.15) is 0 Å². The van der Waals surface area contributed by atoms with Crippen molar-refractivity contribution in [2.45, 2.75) is 83.4 Å². The number of carbonyl (C=O) groups is 1. The van der Waals surface area contributed by atoms with Crippen LogP contribution in [0.2, 0.25) is 0 Å². The first-order valence-corrected chi connectivity index (χ1v) is 12.9. The fraction of sp³-hybridized carbons (Fsp3) is 0.552. The Labute approximate surface area is 206 Å². The van der Waals surface area contributed by atoms with Gasteiger partial charge in [0.2, 0.25) is 6.29 Å². The van der Waals surface area contributed by atoms with E-state index in [1.807, 2.05) is 0 Å². The molecule has 0 aliphatic heterocycles. The van der Waals surface area contributed by atoms with Crippen molar-refractivity contribution in [1.29, 1.82) is 0 Å². The molecule has 186 valence electrons. The summed E-state index contributed by atoms with van der Waals surface area (Å²) in [4.78, 5) is 16.8. The number of rotatable bonds is 13. The van der Waals surface area contributed by atoms with E-state index < -0.39 is 6.29 Å². The third-order valence-electron chi connectivity index (χ3n) is 6.59. The van der Waals surface area contributed by atoms with E-state index >= 15 is 0 Å². The topological polar surface area (TPSA) is 42.0 Å². The van der Waals surface area contributed by atoms with Crippen molar-refractivity contribution in [3.8, 4) is 0 Å². The fourth-order valence-electron chi connectivity index (χ4n) is 4.59. The monoisotopic (exact) mass is 466 g/mol. The van der Waals surface area contributed by atoms with Gasteiger partial charge in [0.25, 0.3) is 5.91 Å². The number of unbranched alkanes of at least 4 members (excludes halogenated alkanes) is 2. The SMILES string of the molecule is CCCCCOC(OC1CCC(N(Cc2ccccc2)Cc2ccccc2)CC1)C(=O)N(C)C. The van der Waals surface area contributed by atoms with Crippen LogP contribution in [0.4, 0.5) is 0 Å². The summed E-state index contributed by atoms with van der Waals surface area (Å²) >= 11 is 0. The van der Waals surface area contributed by atoms with Crippen molar-refractivity contribution in [3.05, 3.63) is 71.8 Å². The summed E-state index contributed by atoms with van der Waals surface area (Å²) in [5, 5.41) is 0. The van der Waals surface area contributed by atoms with Crippen molar-refractivity contribution in [2.75, 3.05) is 20.7 Å². The number of nitrogens with zero attached hydrogens (tertiary/aromatic N) is 2. The van der Waals surface area contributed by atoms with Crippen LogP contribution in [-0.4, -0.2) is 54.8 Å². The maximum absolute atomic E-state index is 12.6. The first-order chi connectivity index (χ1) is 16.6. The van der Waals surface area contributed by atoms with Gasteiger partial charge in [-0.3, -0.25) is 9.69 Å². The molecule has 2 aromatic rings. The molecule has 0 radical (unpaired) electrons. The minimum absolute atomic E-state index is 0.0617. The Morgan fingerprint density at radius 1 is 0.882 bits per heavy atom. The van der Waals surface area contributed by atoms with Crippen molar-refractivity contribution in [2.24, 2.45) is 0 Å². The lowest BCUT2D eigenvalue weighted by atomic mass is 9.91. The number of hydrogen-bond donors (Lipinski definition) is 0. The first kappa shape index (κ1) is 26.4. The average molecular weight is 467 g/mol. The highest BCUT2D eigenvalue weighted by Crippen LogP contribution is 2.28. The van der Waals surface area contributed by atoms with E-state index in [1.54, 1.807) is 19.0 Å².